The van der Waals surface area contributed by atoms with Crippen LogP contribution < -0.4 is 10.6 Å². The van der Waals surface area contributed by atoms with Crippen molar-refractivity contribution in [3.63, 3.8) is 0 Å². The van der Waals surface area contributed by atoms with Crippen molar-refractivity contribution in [2.45, 2.75) is 58.9 Å². The van der Waals surface area contributed by atoms with E-state index in [9.17, 15) is 0 Å². The van der Waals surface area contributed by atoms with Gasteiger partial charge in [0.1, 0.15) is 0 Å². The van der Waals surface area contributed by atoms with Gasteiger partial charge in [0.05, 0.1) is 0 Å². The first kappa shape index (κ1) is 20.2. The van der Waals surface area contributed by atoms with Gasteiger partial charge in [0, 0.05) is 39.4 Å². The van der Waals surface area contributed by atoms with Crippen molar-refractivity contribution in [1.29, 1.82) is 0 Å². The number of hydrogen-bond acceptors (Lipinski definition) is 3. The molecule has 0 aromatic carbocycles. The minimum atomic E-state index is 0.620. The SMILES string of the molecule is CCOCCCNC(=NC)NCC(C(CC)CC)N1CCCC1. The summed E-state index contributed by atoms with van der Waals surface area (Å²) in [6, 6.07) is 0.620. The van der Waals surface area contributed by atoms with Crippen molar-refractivity contribution in [1.82, 2.24) is 15.5 Å². The third kappa shape index (κ3) is 7.53. The van der Waals surface area contributed by atoms with E-state index in [4.69, 9.17) is 4.74 Å². The lowest BCUT2D eigenvalue weighted by Gasteiger charge is -2.34. The molecule has 5 heteroatoms. The standard InChI is InChI=1S/C18H38N4O/c1-5-16(6-2)17(22-12-8-9-13-22)15-21-18(19-4)20-11-10-14-23-7-3/h16-17H,5-15H2,1-4H3,(H2,19,20,21). The smallest absolute Gasteiger partial charge is 0.191 e. The molecule has 0 aromatic rings. The van der Waals surface area contributed by atoms with E-state index in [0.717, 1.165) is 44.6 Å². The summed E-state index contributed by atoms with van der Waals surface area (Å²) >= 11 is 0. The molecule has 1 rings (SSSR count). The number of nitrogens with one attached hydrogen (secondary N) is 2. The van der Waals surface area contributed by atoms with E-state index < -0.39 is 0 Å². The van der Waals surface area contributed by atoms with Crippen molar-refractivity contribution in [3.05, 3.63) is 0 Å². The summed E-state index contributed by atoms with van der Waals surface area (Å²) in [5, 5.41) is 6.93. The van der Waals surface area contributed by atoms with Crippen LogP contribution in [0.25, 0.3) is 0 Å². The van der Waals surface area contributed by atoms with Crippen LogP contribution in [0, 0.1) is 5.92 Å². The van der Waals surface area contributed by atoms with Crippen LogP contribution in [0.4, 0.5) is 0 Å². The van der Waals surface area contributed by atoms with E-state index >= 15 is 0 Å². The molecule has 1 fully saturated rings. The van der Waals surface area contributed by atoms with Gasteiger partial charge in [-0.3, -0.25) is 9.89 Å². The van der Waals surface area contributed by atoms with Crippen LogP contribution in [0.5, 0.6) is 0 Å². The summed E-state index contributed by atoms with van der Waals surface area (Å²) in [7, 11) is 1.85. The Labute approximate surface area is 143 Å². The Kier molecular flexibility index (Phi) is 11.1. The molecule has 1 aliphatic heterocycles. The molecule has 1 aliphatic rings. The third-order valence-corrected chi connectivity index (χ3v) is 4.87. The van der Waals surface area contributed by atoms with Crippen LogP contribution in [0.15, 0.2) is 4.99 Å². The summed E-state index contributed by atoms with van der Waals surface area (Å²) in [5.41, 5.74) is 0. The number of guanidine groups is 1. The number of likely N-dealkylation sites (tertiary alicyclic amines) is 1. The number of aliphatic imine (C=N–C) groups is 1. The highest BCUT2D eigenvalue weighted by Gasteiger charge is 2.27. The van der Waals surface area contributed by atoms with Gasteiger partial charge >= 0.3 is 0 Å². The maximum Gasteiger partial charge on any atom is 0.191 e. The lowest BCUT2D eigenvalue weighted by Crippen LogP contribution is -2.49. The molecule has 136 valence electrons. The number of ether oxygens (including phenoxy) is 1. The lowest BCUT2D eigenvalue weighted by atomic mass is 9.93. The van der Waals surface area contributed by atoms with E-state index in [1.165, 1.54) is 38.8 Å². The van der Waals surface area contributed by atoms with Crippen LogP contribution in [0.2, 0.25) is 0 Å². The highest BCUT2D eigenvalue weighted by molar-refractivity contribution is 5.79. The van der Waals surface area contributed by atoms with Gasteiger partial charge in [0.2, 0.25) is 0 Å². The van der Waals surface area contributed by atoms with Gasteiger partial charge in [0.25, 0.3) is 0 Å². The predicted molar refractivity (Wildman–Crippen MR) is 99.1 cm³/mol. The zero-order chi connectivity index (χ0) is 16.9. The fourth-order valence-electron chi connectivity index (χ4n) is 3.45. The number of rotatable bonds is 11. The molecule has 23 heavy (non-hydrogen) atoms. The van der Waals surface area contributed by atoms with Gasteiger partial charge in [-0.2, -0.15) is 0 Å². The zero-order valence-corrected chi connectivity index (χ0v) is 15.7. The van der Waals surface area contributed by atoms with Crippen molar-refractivity contribution in [2.75, 3.05) is 46.4 Å². The monoisotopic (exact) mass is 326 g/mol. The maximum absolute atomic E-state index is 5.37. The molecule has 5 nitrogen and oxygen atoms in total. The molecular weight excluding hydrogens is 288 g/mol. The molecule has 2 N–H and O–H groups in total. The maximum atomic E-state index is 5.37. The molecule has 1 unspecified atom stereocenters. The minimum Gasteiger partial charge on any atom is -0.382 e. The highest BCUT2D eigenvalue weighted by atomic mass is 16.5. The average Bonchev–Trinajstić information content (AvgIpc) is 3.10. The van der Waals surface area contributed by atoms with E-state index in [1.807, 2.05) is 14.0 Å². The van der Waals surface area contributed by atoms with Crippen molar-refractivity contribution in [2.24, 2.45) is 10.9 Å². The van der Waals surface area contributed by atoms with E-state index in [-0.39, 0.29) is 0 Å². The summed E-state index contributed by atoms with van der Waals surface area (Å²) in [6.07, 6.45) is 6.21. The molecule has 0 amide bonds. The first-order valence-corrected chi connectivity index (χ1v) is 9.53. The van der Waals surface area contributed by atoms with Crippen LogP contribution in [0.1, 0.15) is 52.9 Å². The molecular formula is C18H38N4O. The zero-order valence-electron chi connectivity index (χ0n) is 15.7. The minimum absolute atomic E-state index is 0.620. The highest BCUT2D eigenvalue weighted by Crippen LogP contribution is 2.22. The van der Waals surface area contributed by atoms with Crippen LogP contribution in [-0.2, 0) is 4.74 Å². The topological polar surface area (TPSA) is 48.9 Å². The molecule has 0 bridgehead atoms. The van der Waals surface area contributed by atoms with Crippen molar-refractivity contribution >= 4 is 5.96 Å². The van der Waals surface area contributed by atoms with Crippen molar-refractivity contribution < 1.29 is 4.74 Å². The Hall–Kier alpha value is -0.810. The van der Waals surface area contributed by atoms with E-state index in [1.54, 1.807) is 0 Å². The molecule has 0 aliphatic carbocycles. The second-order valence-electron chi connectivity index (χ2n) is 6.32. The average molecular weight is 327 g/mol. The van der Waals surface area contributed by atoms with Gasteiger partial charge < -0.3 is 15.4 Å². The second kappa shape index (κ2) is 12.6. The quantitative estimate of drug-likeness (QED) is 0.348. The summed E-state index contributed by atoms with van der Waals surface area (Å²) in [4.78, 5) is 7.02. The lowest BCUT2D eigenvalue weighted by molar-refractivity contribution is 0.145. The molecule has 0 radical (unpaired) electrons. The molecule has 1 atom stereocenters. The summed E-state index contributed by atoms with van der Waals surface area (Å²) in [6.45, 7) is 12.7. The first-order valence-electron chi connectivity index (χ1n) is 9.53. The van der Waals surface area contributed by atoms with Crippen LogP contribution in [0.3, 0.4) is 0 Å². The van der Waals surface area contributed by atoms with E-state index in [0.29, 0.717) is 6.04 Å². The Morgan fingerprint density at radius 3 is 2.39 bits per heavy atom. The number of nitrogens with zero attached hydrogens (tertiary/aromatic N) is 2. The molecule has 0 spiro atoms. The van der Waals surface area contributed by atoms with Crippen LogP contribution in [-0.4, -0.2) is 63.3 Å². The van der Waals surface area contributed by atoms with Gasteiger partial charge in [0.15, 0.2) is 5.96 Å². The second-order valence-corrected chi connectivity index (χ2v) is 6.32. The largest absolute Gasteiger partial charge is 0.382 e. The Bertz CT molecular complexity index is 310. The van der Waals surface area contributed by atoms with Crippen molar-refractivity contribution in [3.8, 4) is 0 Å². The Balaban J connectivity index is 2.41. The van der Waals surface area contributed by atoms with Gasteiger partial charge in [-0.1, -0.05) is 26.7 Å². The first-order chi connectivity index (χ1) is 11.3. The predicted octanol–water partition coefficient (Wildman–Crippen LogP) is 2.48. The van der Waals surface area contributed by atoms with E-state index in [2.05, 4.69) is 34.4 Å². The van der Waals surface area contributed by atoms with Gasteiger partial charge in [-0.25, -0.2) is 0 Å². The molecule has 0 saturated carbocycles. The third-order valence-electron chi connectivity index (χ3n) is 4.87. The molecule has 1 saturated heterocycles. The molecule has 0 aromatic heterocycles. The Morgan fingerprint density at radius 2 is 1.83 bits per heavy atom. The van der Waals surface area contributed by atoms with Gasteiger partial charge in [-0.15, -0.1) is 0 Å². The summed E-state index contributed by atoms with van der Waals surface area (Å²) in [5.74, 6) is 1.67. The Morgan fingerprint density at radius 1 is 1.13 bits per heavy atom. The summed E-state index contributed by atoms with van der Waals surface area (Å²) < 4.78 is 5.37. The van der Waals surface area contributed by atoms with Crippen LogP contribution >= 0.6 is 0 Å². The van der Waals surface area contributed by atoms with Gasteiger partial charge in [-0.05, 0) is 45.2 Å². The normalized spacial score (nSPS) is 17.7. The fourth-order valence-corrected chi connectivity index (χ4v) is 3.45. The molecule has 1 heterocycles. The number of hydrogen-bond donors (Lipinski definition) is 2. The fraction of sp³-hybridized carbons (Fsp3) is 0.944.